The Hall–Kier alpha value is -3.01. The zero-order chi connectivity index (χ0) is 20.4. The van der Waals surface area contributed by atoms with Crippen molar-refractivity contribution in [3.63, 3.8) is 0 Å². The van der Waals surface area contributed by atoms with E-state index in [1.54, 1.807) is 0 Å². The number of methoxy groups -OCH3 is 1. The average molecular weight is 404 g/mol. The van der Waals surface area contributed by atoms with Crippen molar-refractivity contribution in [1.82, 2.24) is 0 Å². The van der Waals surface area contributed by atoms with Gasteiger partial charge in [-0.2, -0.15) is 13.2 Å². The predicted octanol–water partition coefficient (Wildman–Crippen LogP) is 4.98. The summed E-state index contributed by atoms with van der Waals surface area (Å²) < 4.78 is 44.0. The molecule has 0 aromatic heterocycles. The Labute approximate surface area is 156 Å². The topological polar surface area (TPSA) is 93.5 Å². The van der Waals surface area contributed by atoms with Crippen LogP contribution in [0.4, 0.5) is 35.9 Å². The summed E-state index contributed by atoms with van der Waals surface area (Å²) in [4.78, 5) is 21.5. The molecule has 2 rings (SSSR count). The van der Waals surface area contributed by atoms with E-state index in [0.29, 0.717) is 11.8 Å². The Morgan fingerprint density at radius 3 is 2.41 bits per heavy atom. The highest BCUT2D eigenvalue weighted by atomic mass is 35.5. The quantitative estimate of drug-likeness (QED) is 0.542. The van der Waals surface area contributed by atoms with Crippen molar-refractivity contribution in [1.29, 1.82) is 0 Å². The molecule has 0 saturated heterocycles. The minimum atomic E-state index is -4.84. The third-order valence-corrected chi connectivity index (χ3v) is 3.69. The summed E-state index contributed by atoms with van der Waals surface area (Å²) in [5.74, 6) is -0.107. The fraction of sp³-hybridized carbons (Fsp3) is 0.188. The molecule has 0 unspecified atom stereocenters. The molecular formula is C16H13ClF3N3O4. The van der Waals surface area contributed by atoms with Gasteiger partial charge in [0.2, 0.25) is 5.91 Å². The van der Waals surface area contributed by atoms with Crippen LogP contribution in [0.1, 0.15) is 12.5 Å². The normalized spacial score (nSPS) is 11.0. The summed E-state index contributed by atoms with van der Waals surface area (Å²) in [6.45, 7) is 1.29. The Kier molecular flexibility index (Phi) is 5.79. The van der Waals surface area contributed by atoms with Gasteiger partial charge in [0, 0.05) is 18.7 Å². The lowest BCUT2D eigenvalue weighted by Crippen LogP contribution is -2.09. The summed E-state index contributed by atoms with van der Waals surface area (Å²) in [7, 11) is 1.34. The van der Waals surface area contributed by atoms with E-state index in [1.807, 2.05) is 0 Å². The van der Waals surface area contributed by atoms with Gasteiger partial charge in [0.25, 0.3) is 5.69 Å². The van der Waals surface area contributed by atoms with Crippen molar-refractivity contribution in [2.45, 2.75) is 13.1 Å². The highest BCUT2D eigenvalue weighted by Crippen LogP contribution is 2.42. The number of benzene rings is 2. The molecule has 0 bridgehead atoms. The fourth-order valence-corrected chi connectivity index (χ4v) is 2.53. The monoisotopic (exact) mass is 403 g/mol. The van der Waals surface area contributed by atoms with Gasteiger partial charge < -0.3 is 15.4 Å². The zero-order valence-corrected chi connectivity index (χ0v) is 14.7. The lowest BCUT2D eigenvalue weighted by molar-refractivity contribution is -0.384. The van der Waals surface area contributed by atoms with E-state index >= 15 is 0 Å². The molecule has 0 atom stereocenters. The van der Waals surface area contributed by atoms with Gasteiger partial charge in [0.15, 0.2) is 0 Å². The van der Waals surface area contributed by atoms with E-state index in [0.717, 1.165) is 6.07 Å². The maximum absolute atomic E-state index is 13.0. The first-order valence-corrected chi connectivity index (χ1v) is 7.68. The second kappa shape index (κ2) is 7.70. The molecule has 0 fully saturated rings. The number of carbonyl (C=O) groups excluding carboxylic acids is 1. The molecule has 0 saturated carbocycles. The first-order valence-electron chi connectivity index (χ1n) is 7.30. The Bertz CT molecular complexity index is 903. The largest absolute Gasteiger partial charge is 0.495 e. The van der Waals surface area contributed by atoms with Crippen LogP contribution in [0, 0.1) is 10.1 Å². The van der Waals surface area contributed by atoms with Crippen LogP contribution in [0.15, 0.2) is 30.3 Å². The van der Waals surface area contributed by atoms with Crippen LogP contribution in [0.25, 0.3) is 0 Å². The van der Waals surface area contributed by atoms with Gasteiger partial charge in [-0.15, -0.1) is 0 Å². The minimum absolute atomic E-state index is 0.183. The molecule has 7 nitrogen and oxygen atoms in total. The number of nitro benzene ring substituents is 1. The van der Waals surface area contributed by atoms with E-state index in [1.165, 1.54) is 32.2 Å². The molecule has 144 valence electrons. The first-order chi connectivity index (χ1) is 12.5. The van der Waals surface area contributed by atoms with E-state index < -0.39 is 27.4 Å². The van der Waals surface area contributed by atoms with Crippen LogP contribution in [0.2, 0.25) is 5.02 Å². The van der Waals surface area contributed by atoms with Crippen LogP contribution >= 0.6 is 11.6 Å². The number of hydrogen-bond donors (Lipinski definition) is 2. The Morgan fingerprint density at radius 2 is 1.89 bits per heavy atom. The summed E-state index contributed by atoms with van der Waals surface area (Å²) in [6, 6.07) is 5.59. The number of hydrogen-bond acceptors (Lipinski definition) is 5. The van der Waals surface area contributed by atoms with E-state index in [2.05, 4.69) is 10.6 Å². The zero-order valence-electron chi connectivity index (χ0n) is 14.0. The molecule has 0 spiro atoms. The van der Waals surface area contributed by atoms with Crippen molar-refractivity contribution in [2.24, 2.45) is 0 Å². The SMILES string of the molecule is COc1ccc(NC(C)=O)cc1Nc1cc(Cl)c(C(F)(F)F)cc1[N+](=O)[O-]. The molecule has 1 amide bonds. The van der Waals surface area contributed by atoms with Crippen molar-refractivity contribution in [3.05, 3.63) is 51.0 Å². The third-order valence-electron chi connectivity index (χ3n) is 3.38. The van der Waals surface area contributed by atoms with Crippen molar-refractivity contribution >= 4 is 40.3 Å². The molecule has 0 heterocycles. The van der Waals surface area contributed by atoms with Crippen molar-refractivity contribution in [2.75, 3.05) is 17.7 Å². The number of nitrogens with one attached hydrogen (secondary N) is 2. The van der Waals surface area contributed by atoms with Gasteiger partial charge in [-0.1, -0.05) is 11.6 Å². The minimum Gasteiger partial charge on any atom is -0.495 e. The van der Waals surface area contributed by atoms with Crippen molar-refractivity contribution in [3.8, 4) is 5.75 Å². The van der Waals surface area contributed by atoms with Crippen LogP contribution in [-0.4, -0.2) is 17.9 Å². The number of nitro groups is 1. The van der Waals surface area contributed by atoms with Gasteiger partial charge in [-0.05, 0) is 24.3 Å². The molecule has 0 aliphatic carbocycles. The lowest BCUT2D eigenvalue weighted by Gasteiger charge is -2.15. The Morgan fingerprint density at radius 1 is 1.22 bits per heavy atom. The van der Waals surface area contributed by atoms with Crippen LogP contribution in [0.5, 0.6) is 5.75 Å². The molecule has 2 aromatic rings. The number of rotatable bonds is 5. The highest BCUT2D eigenvalue weighted by Gasteiger charge is 2.36. The number of ether oxygens (including phenoxy) is 1. The molecule has 0 aliphatic rings. The van der Waals surface area contributed by atoms with Crippen LogP contribution < -0.4 is 15.4 Å². The number of anilines is 3. The van der Waals surface area contributed by atoms with Gasteiger partial charge in [0.1, 0.15) is 11.4 Å². The molecule has 27 heavy (non-hydrogen) atoms. The molecule has 0 aliphatic heterocycles. The first kappa shape index (κ1) is 20.3. The van der Waals surface area contributed by atoms with Crippen molar-refractivity contribution < 1.29 is 27.6 Å². The van der Waals surface area contributed by atoms with E-state index in [4.69, 9.17) is 16.3 Å². The number of carbonyl (C=O) groups is 1. The van der Waals surface area contributed by atoms with Gasteiger partial charge in [0.05, 0.1) is 28.3 Å². The molecule has 2 aromatic carbocycles. The fourth-order valence-electron chi connectivity index (χ4n) is 2.26. The summed E-state index contributed by atoms with van der Waals surface area (Å²) in [5, 5.41) is 15.7. The van der Waals surface area contributed by atoms with Gasteiger partial charge in [-0.3, -0.25) is 14.9 Å². The number of nitrogens with zero attached hydrogens (tertiary/aromatic N) is 1. The van der Waals surface area contributed by atoms with Gasteiger partial charge in [-0.25, -0.2) is 0 Å². The Balaban J connectivity index is 2.55. The summed E-state index contributed by atoms with van der Waals surface area (Å²) in [6.07, 6.45) is -4.84. The predicted molar refractivity (Wildman–Crippen MR) is 93.7 cm³/mol. The number of alkyl halides is 3. The number of halogens is 4. The standard InChI is InChI=1S/C16H13ClF3N3O4/c1-8(24)21-9-3-4-15(27-2)13(5-9)22-12-7-11(17)10(16(18,19)20)6-14(12)23(25)26/h3-7,22H,1-2H3,(H,21,24). The maximum Gasteiger partial charge on any atom is 0.418 e. The molecular weight excluding hydrogens is 391 g/mol. The number of amides is 1. The lowest BCUT2D eigenvalue weighted by atomic mass is 10.1. The van der Waals surface area contributed by atoms with Crippen LogP contribution in [-0.2, 0) is 11.0 Å². The highest BCUT2D eigenvalue weighted by molar-refractivity contribution is 6.32. The second-order valence-electron chi connectivity index (χ2n) is 5.33. The van der Waals surface area contributed by atoms with E-state index in [9.17, 15) is 28.1 Å². The maximum atomic E-state index is 13.0. The molecule has 0 radical (unpaired) electrons. The molecule has 11 heteroatoms. The second-order valence-corrected chi connectivity index (χ2v) is 5.73. The van der Waals surface area contributed by atoms with Gasteiger partial charge >= 0.3 is 6.18 Å². The molecule has 2 N–H and O–H groups in total. The third kappa shape index (κ3) is 4.79. The van der Waals surface area contributed by atoms with E-state index in [-0.39, 0.29) is 23.0 Å². The average Bonchev–Trinajstić information content (AvgIpc) is 2.53. The smallest absolute Gasteiger partial charge is 0.418 e. The van der Waals surface area contributed by atoms with Crippen LogP contribution in [0.3, 0.4) is 0 Å². The summed E-state index contributed by atoms with van der Waals surface area (Å²) in [5.41, 5.74) is -1.87. The summed E-state index contributed by atoms with van der Waals surface area (Å²) >= 11 is 5.66.